The van der Waals surface area contributed by atoms with Crippen molar-refractivity contribution in [1.82, 2.24) is 4.31 Å². The summed E-state index contributed by atoms with van der Waals surface area (Å²) >= 11 is 0. The Hall–Kier alpha value is -1.33. The Morgan fingerprint density at radius 2 is 2.06 bits per heavy atom. The van der Waals surface area contributed by atoms with Gasteiger partial charge in [-0.2, -0.15) is 18.0 Å². The highest BCUT2D eigenvalue weighted by Crippen LogP contribution is 2.52. The summed E-state index contributed by atoms with van der Waals surface area (Å²) < 4.78 is 27.8. The van der Waals surface area contributed by atoms with Crippen LogP contribution in [-0.2, 0) is 14.5 Å². The number of carbonyl (C=O) groups is 1. The van der Waals surface area contributed by atoms with Crippen LogP contribution in [0.5, 0.6) is 0 Å². The van der Waals surface area contributed by atoms with Gasteiger partial charge in [0, 0.05) is 24.4 Å². The maximum Gasteiger partial charge on any atom is 0.421 e. The van der Waals surface area contributed by atoms with Crippen molar-refractivity contribution in [3.63, 3.8) is 0 Å². The van der Waals surface area contributed by atoms with Gasteiger partial charge in [-0.3, -0.25) is 0 Å². The van der Waals surface area contributed by atoms with Crippen LogP contribution in [0.1, 0.15) is 12.8 Å². The first-order valence-electron chi connectivity index (χ1n) is 4.75. The zero-order valence-corrected chi connectivity index (χ0v) is 9.24. The highest BCUT2D eigenvalue weighted by molar-refractivity contribution is 7.84. The highest BCUT2D eigenvalue weighted by Gasteiger charge is 2.56. The molecule has 0 atom stereocenters. The minimum atomic E-state index is -4.02. The van der Waals surface area contributed by atoms with Gasteiger partial charge in [-0.25, -0.2) is 4.79 Å². The Morgan fingerprint density at radius 1 is 1.50 bits per heavy atom. The smallest absolute Gasteiger partial charge is 0.334 e. The monoisotopic (exact) mass is 245 g/mol. The van der Waals surface area contributed by atoms with E-state index in [-0.39, 0.29) is 11.3 Å². The van der Waals surface area contributed by atoms with Crippen LogP contribution < -0.4 is 5.73 Å². The first kappa shape index (κ1) is 11.2. The Kier molecular flexibility index (Phi) is 2.32. The van der Waals surface area contributed by atoms with Crippen LogP contribution in [0.2, 0.25) is 0 Å². The number of hydrogen-bond acceptors (Lipinski definition) is 5. The molecule has 0 aromatic rings. The second-order valence-electron chi connectivity index (χ2n) is 4.36. The molecule has 2 aliphatic rings. The Balaban J connectivity index is 1.90. The fraction of sp³-hybridized carbons (Fsp3) is 0.750. The molecule has 1 saturated carbocycles. The first-order valence-corrected chi connectivity index (χ1v) is 6.12. The lowest BCUT2D eigenvalue weighted by molar-refractivity contribution is -0.0380. The van der Waals surface area contributed by atoms with E-state index in [1.54, 1.807) is 0 Å². The van der Waals surface area contributed by atoms with E-state index in [0.717, 1.165) is 4.31 Å². The molecule has 7 nitrogen and oxygen atoms in total. The molecule has 1 heterocycles. The van der Waals surface area contributed by atoms with E-state index in [9.17, 15) is 13.2 Å². The number of nitriles is 1. The van der Waals surface area contributed by atoms with E-state index in [1.165, 1.54) is 0 Å². The molecular formula is C8H11N3O4S. The van der Waals surface area contributed by atoms with Crippen LogP contribution in [0.25, 0.3) is 0 Å². The molecule has 0 unspecified atom stereocenters. The average Bonchev–Trinajstić information content (AvgIpc) is 1.95. The van der Waals surface area contributed by atoms with Crippen molar-refractivity contribution in [1.29, 1.82) is 5.26 Å². The van der Waals surface area contributed by atoms with Crippen LogP contribution >= 0.6 is 0 Å². The van der Waals surface area contributed by atoms with Crippen molar-refractivity contribution in [2.75, 3.05) is 13.1 Å². The van der Waals surface area contributed by atoms with Gasteiger partial charge >= 0.3 is 16.4 Å². The van der Waals surface area contributed by atoms with E-state index in [1.807, 2.05) is 0 Å². The predicted molar refractivity (Wildman–Crippen MR) is 51.9 cm³/mol. The average molecular weight is 245 g/mol. The summed E-state index contributed by atoms with van der Waals surface area (Å²) in [4.78, 5) is 10.4. The number of rotatable bonds is 2. The van der Waals surface area contributed by atoms with Crippen molar-refractivity contribution in [3.8, 4) is 6.07 Å². The minimum absolute atomic E-state index is 0.0295. The lowest BCUT2D eigenvalue weighted by Gasteiger charge is -2.55. The van der Waals surface area contributed by atoms with Gasteiger partial charge in [0.1, 0.15) is 0 Å². The van der Waals surface area contributed by atoms with E-state index in [4.69, 9.17) is 5.26 Å². The standard InChI is InChI=1S/C8H11N3O4S/c9-3-6-1-8(2-6)4-11(5-8)16(13,14)15-7(10)12/h6H,1-2,4-5H2,(H2,10,12). The fourth-order valence-electron chi connectivity index (χ4n) is 2.35. The van der Waals surface area contributed by atoms with Gasteiger partial charge in [-0.1, -0.05) is 0 Å². The van der Waals surface area contributed by atoms with Crippen LogP contribution in [-0.4, -0.2) is 31.9 Å². The van der Waals surface area contributed by atoms with Gasteiger partial charge in [0.2, 0.25) is 0 Å². The van der Waals surface area contributed by atoms with Crippen molar-refractivity contribution in [2.24, 2.45) is 17.1 Å². The second-order valence-corrected chi connectivity index (χ2v) is 5.90. The molecular weight excluding hydrogens is 234 g/mol. The maximum absolute atomic E-state index is 11.3. The summed E-state index contributed by atoms with van der Waals surface area (Å²) in [7, 11) is -4.02. The molecule has 16 heavy (non-hydrogen) atoms. The van der Waals surface area contributed by atoms with Crippen molar-refractivity contribution in [2.45, 2.75) is 12.8 Å². The van der Waals surface area contributed by atoms with Crippen LogP contribution in [0, 0.1) is 22.7 Å². The van der Waals surface area contributed by atoms with E-state index < -0.39 is 16.4 Å². The summed E-state index contributed by atoms with van der Waals surface area (Å²) in [5, 5.41) is 8.61. The van der Waals surface area contributed by atoms with Gasteiger partial charge in [0.15, 0.2) is 0 Å². The molecule has 2 rings (SSSR count). The highest BCUT2D eigenvalue weighted by atomic mass is 32.2. The second kappa shape index (κ2) is 3.33. The molecule has 1 aliphatic heterocycles. The maximum atomic E-state index is 11.3. The topological polar surface area (TPSA) is 113 Å². The molecule has 1 amide bonds. The largest absolute Gasteiger partial charge is 0.421 e. The normalized spacial score (nSPS) is 24.2. The SMILES string of the molecule is N#CC1CC2(C1)CN(S(=O)(=O)OC(N)=O)C2. The molecule has 88 valence electrons. The number of nitrogens with two attached hydrogens (primary N) is 1. The van der Waals surface area contributed by atoms with E-state index in [0.29, 0.717) is 25.9 Å². The number of nitrogens with zero attached hydrogens (tertiary/aromatic N) is 2. The first-order chi connectivity index (χ1) is 7.37. The van der Waals surface area contributed by atoms with E-state index >= 15 is 0 Å². The molecule has 8 heteroatoms. The zero-order chi connectivity index (χ0) is 12.0. The van der Waals surface area contributed by atoms with Crippen molar-refractivity contribution >= 4 is 16.4 Å². The number of primary amides is 1. The van der Waals surface area contributed by atoms with Gasteiger partial charge in [-0.15, -0.1) is 0 Å². The molecule has 0 aromatic carbocycles. The van der Waals surface area contributed by atoms with Gasteiger partial charge < -0.3 is 9.92 Å². The summed E-state index contributed by atoms with van der Waals surface area (Å²) in [6.45, 7) is 0.613. The molecule has 1 saturated heterocycles. The lowest BCUT2D eigenvalue weighted by atomic mass is 9.59. The van der Waals surface area contributed by atoms with Crippen LogP contribution in [0.4, 0.5) is 4.79 Å². The summed E-state index contributed by atoms with van der Waals surface area (Å²) in [6.07, 6.45) is 0.0995. The quantitative estimate of drug-likeness (QED) is 0.708. The summed E-state index contributed by atoms with van der Waals surface area (Å²) in [5.74, 6) is 0.0295. The Bertz CT molecular complexity index is 452. The van der Waals surface area contributed by atoms with E-state index in [2.05, 4.69) is 16.0 Å². The third-order valence-electron chi connectivity index (χ3n) is 3.07. The molecule has 0 bridgehead atoms. The summed E-state index contributed by atoms with van der Waals surface area (Å²) in [6, 6.07) is 2.14. The summed E-state index contributed by atoms with van der Waals surface area (Å²) in [5.41, 5.74) is 4.57. The zero-order valence-electron chi connectivity index (χ0n) is 8.42. The third-order valence-corrected chi connectivity index (χ3v) is 4.33. The number of hydrogen-bond donors (Lipinski definition) is 1. The molecule has 1 spiro atoms. The predicted octanol–water partition coefficient (Wildman–Crippen LogP) is -0.438. The Labute approximate surface area is 93.0 Å². The van der Waals surface area contributed by atoms with Crippen LogP contribution in [0.3, 0.4) is 0 Å². The Morgan fingerprint density at radius 3 is 2.50 bits per heavy atom. The number of carbonyl (C=O) groups excluding carboxylic acids is 1. The molecule has 0 aromatic heterocycles. The van der Waals surface area contributed by atoms with Gasteiger partial charge in [0.25, 0.3) is 0 Å². The van der Waals surface area contributed by atoms with Gasteiger partial charge in [-0.05, 0) is 12.8 Å². The van der Waals surface area contributed by atoms with Crippen molar-refractivity contribution < 1.29 is 17.4 Å². The third kappa shape index (κ3) is 1.72. The minimum Gasteiger partial charge on any atom is -0.334 e. The molecule has 1 aliphatic carbocycles. The lowest BCUT2D eigenvalue weighted by Crippen LogP contribution is -2.63. The number of amides is 1. The molecule has 2 N–H and O–H groups in total. The van der Waals surface area contributed by atoms with Crippen molar-refractivity contribution in [3.05, 3.63) is 0 Å². The fourth-order valence-corrected chi connectivity index (χ4v) is 3.53. The van der Waals surface area contributed by atoms with Gasteiger partial charge in [0.05, 0.1) is 6.07 Å². The molecule has 2 fully saturated rings. The molecule has 0 radical (unpaired) electrons. The van der Waals surface area contributed by atoms with Crippen LogP contribution in [0.15, 0.2) is 0 Å².